The minimum Gasteiger partial charge on any atom is -0.384 e. The molecule has 0 saturated carbocycles. The number of piperidine rings is 1. The second-order valence-corrected chi connectivity index (χ2v) is 5.36. The van der Waals surface area contributed by atoms with E-state index in [2.05, 4.69) is 10.7 Å². The monoisotopic (exact) mass is 265 g/mol. The van der Waals surface area contributed by atoms with Gasteiger partial charge < -0.3 is 10.1 Å². The predicted molar refractivity (Wildman–Crippen MR) is 74.7 cm³/mol. The van der Waals surface area contributed by atoms with Crippen molar-refractivity contribution < 1.29 is 9.53 Å². The molecule has 1 aromatic rings. The van der Waals surface area contributed by atoms with Gasteiger partial charge in [-0.2, -0.15) is 0 Å². The standard InChI is InChI=1S/C14H23N3O2/c1-11-4-5-12(2)17(11)16-13(18)14(10-19-3)6-8-15-9-7-14/h4-5,15H,6-10H2,1-3H3,(H,16,18). The van der Waals surface area contributed by atoms with Crippen LogP contribution in [-0.2, 0) is 9.53 Å². The quantitative estimate of drug-likeness (QED) is 0.860. The third kappa shape index (κ3) is 2.82. The Morgan fingerprint density at radius 1 is 1.37 bits per heavy atom. The lowest BCUT2D eigenvalue weighted by Gasteiger charge is -2.35. The first-order valence-electron chi connectivity index (χ1n) is 6.75. The number of aromatic nitrogens is 1. The van der Waals surface area contributed by atoms with Crippen LogP contribution in [0.3, 0.4) is 0 Å². The van der Waals surface area contributed by atoms with E-state index in [1.807, 2.05) is 30.7 Å². The third-order valence-electron chi connectivity index (χ3n) is 3.95. The van der Waals surface area contributed by atoms with Gasteiger partial charge in [0.25, 0.3) is 0 Å². The van der Waals surface area contributed by atoms with Crippen molar-refractivity contribution >= 4 is 5.91 Å². The van der Waals surface area contributed by atoms with Crippen molar-refractivity contribution in [2.75, 3.05) is 32.2 Å². The van der Waals surface area contributed by atoms with Crippen molar-refractivity contribution in [3.05, 3.63) is 23.5 Å². The van der Waals surface area contributed by atoms with Crippen molar-refractivity contribution in [1.29, 1.82) is 0 Å². The zero-order valence-electron chi connectivity index (χ0n) is 12.0. The number of hydrogen-bond donors (Lipinski definition) is 2. The molecule has 0 unspecified atom stereocenters. The Morgan fingerprint density at radius 2 is 1.95 bits per heavy atom. The van der Waals surface area contributed by atoms with Gasteiger partial charge >= 0.3 is 0 Å². The highest BCUT2D eigenvalue weighted by molar-refractivity contribution is 5.90. The van der Waals surface area contributed by atoms with E-state index in [1.165, 1.54) is 0 Å². The summed E-state index contributed by atoms with van der Waals surface area (Å²) in [5, 5.41) is 3.29. The first-order chi connectivity index (χ1) is 9.09. The molecular formula is C14H23N3O2. The first kappa shape index (κ1) is 14.1. The normalized spacial score (nSPS) is 18.3. The van der Waals surface area contributed by atoms with Crippen LogP contribution in [0.25, 0.3) is 0 Å². The summed E-state index contributed by atoms with van der Waals surface area (Å²) in [7, 11) is 1.66. The Labute approximate surface area is 114 Å². The van der Waals surface area contributed by atoms with Gasteiger partial charge in [0.2, 0.25) is 5.91 Å². The van der Waals surface area contributed by atoms with Gasteiger partial charge in [0.15, 0.2) is 0 Å². The fraction of sp³-hybridized carbons (Fsp3) is 0.643. The van der Waals surface area contributed by atoms with Gasteiger partial charge in [-0.3, -0.25) is 14.9 Å². The van der Waals surface area contributed by atoms with Gasteiger partial charge in [-0.1, -0.05) is 0 Å². The second kappa shape index (κ2) is 5.75. The molecule has 1 amide bonds. The molecule has 0 spiro atoms. The first-order valence-corrected chi connectivity index (χ1v) is 6.75. The molecule has 19 heavy (non-hydrogen) atoms. The van der Waals surface area contributed by atoms with E-state index in [-0.39, 0.29) is 5.91 Å². The molecule has 0 bridgehead atoms. The van der Waals surface area contributed by atoms with Crippen molar-refractivity contribution in [1.82, 2.24) is 9.99 Å². The highest BCUT2D eigenvalue weighted by Gasteiger charge is 2.40. The maximum atomic E-state index is 12.6. The lowest BCUT2D eigenvalue weighted by molar-refractivity contribution is -0.131. The molecule has 0 aromatic carbocycles. The van der Waals surface area contributed by atoms with E-state index in [0.29, 0.717) is 6.61 Å². The Morgan fingerprint density at radius 3 is 2.47 bits per heavy atom. The number of amides is 1. The lowest BCUT2D eigenvalue weighted by atomic mass is 9.79. The number of methoxy groups -OCH3 is 1. The third-order valence-corrected chi connectivity index (χ3v) is 3.95. The Kier molecular flexibility index (Phi) is 4.27. The number of ether oxygens (including phenoxy) is 1. The maximum Gasteiger partial charge on any atom is 0.247 e. The topological polar surface area (TPSA) is 55.3 Å². The van der Waals surface area contributed by atoms with Gasteiger partial charge in [-0.15, -0.1) is 0 Å². The van der Waals surface area contributed by atoms with Crippen LogP contribution in [-0.4, -0.2) is 37.4 Å². The molecule has 1 fully saturated rings. The van der Waals surface area contributed by atoms with E-state index in [4.69, 9.17) is 4.74 Å². The van der Waals surface area contributed by atoms with E-state index >= 15 is 0 Å². The highest BCUT2D eigenvalue weighted by Crippen LogP contribution is 2.30. The smallest absolute Gasteiger partial charge is 0.247 e. The summed E-state index contributed by atoms with van der Waals surface area (Å²) in [5.74, 6) is 0.0539. The molecule has 0 aliphatic carbocycles. The molecule has 106 valence electrons. The fourth-order valence-electron chi connectivity index (χ4n) is 2.68. The van der Waals surface area contributed by atoms with Crippen LogP contribution in [0.1, 0.15) is 24.2 Å². The number of hydrogen-bond acceptors (Lipinski definition) is 3. The van der Waals surface area contributed by atoms with Gasteiger partial charge in [-0.05, 0) is 51.9 Å². The molecule has 1 saturated heterocycles. The lowest BCUT2D eigenvalue weighted by Crippen LogP contribution is -2.49. The Balaban J connectivity index is 2.16. The summed E-state index contributed by atoms with van der Waals surface area (Å²) in [6, 6.07) is 4.00. The van der Waals surface area contributed by atoms with Gasteiger partial charge in [-0.25, -0.2) is 0 Å². The summed E-state index contributed by atoms with van der Waals surface area (Å²) in [4.78, 5) is 12.6. The zero-order valence-corrected chi connectivity index (χ0v) is 12.0. The average Bonchev–Trinajstić information content (AvgIpc) is 2.72. The van der Waals surface area contributed by atoms with Crippen LogP contribution >= 0.6 is 0 Å². The number of carbonyl (C=O) groups excluding carboxylic acids is 1. The second-order valence-electron chi connectivity index (χ2n) is 5.36. The number of aryl methyl sites for hydroxylation is 2. The summed E-state index contributed by atoms with van der Waals surface area (Å²) in [5.41, 5.74) is 4.68. The molecule has 5 heteroatoms. The van der Waals surface area contributed by atoms with Crippen LogP contribution in [0.2, 0.25) is 0 Å². The van der Waals surface area contributed by atoms with Crippen LogP contribution in [0.15, 0.2) is 12.1 Å². The van der Waals surface area contributed by atoms with E-state index in [9.17, 15) is 4.79 Å². The predicted octanol–water partition coefficient (Wildman–Crippen LogP) is 1.19. The summed E-state index contributed by atoms with van der Waals surface area (Å²) < 4.78 is 7.14. The maximum absolute atomic E-state index is 12.6. The Hall–Kier alpha value is -1.33. The van der Waals surface area contributed by atoms with Crippen LogP contribution in [0, 0.1) is 19.3 Å². The largest absolute Gasteiger partial charge is 0.384 e. The molecule has 1 aliphatic rings. The molecule has 2 rings (SSSR count). The Bertz CT molecular complexity index is 423. The number of nitrogens with one attached hydrogen (secondary N) is 2. The molecule has 0 atom stereocenters. The van der Waals surface area contributed by atoms with Crippen LogP contribution in [0.5, 0.6) is 0 Å². The molecule has 1 aliphatic heterocycles. The van der Waals surface area contributed by atoms with E-state index in [0.717, 1.165) is 37.3 Å². The van der Waals surface area contributed by atoms with Gasteiger partial charge in [0, 0.05) is 18.5 Å². The molecule has 2 N–H and O–H groups in total. The molecular weight excluding hydrogens is 242 g/mol. The number of carbonyl (C=O) groups is 1. The minimum atomic E-state index is -0.414. The molecule has 1 aromatic heterocycles. The van der Waals surface area contributed by atoms with Crippen molar-refractivity contribution in [3.63, 3.8) is 0 Å². The SMILES string of the molecule is COCC1(C(=O)Nn2c(C)ccc2C)CCNCC1. The zero-order chi connectivity index (χ0) is 13.9. The van der Waals surface area contributed by atoms with Gasteiger partial charge in [0.1, 0.15) is 0 Å². The fourth-order valence-corrected chi connectivity index (χ4v) is 2.68. The molecule has 0 radical (unpaired) electrons. The van der Waals surface area contributed by atoms with Crippen molar-refractivity contribution in [2.45, 2.75) is 26.7 Å². The van der Waals surface area contributed by atoms with E-state index in [1.54, 1.807) is 7.11 Å². The van der Waals surface area contributed by atoms with Gasteiger partial charge in [0.05, 0.1) is 12.0 Å². The average molecular weight is 265 g/mol. The number of nitrogens with zero attached hydrogens (tertiary/aromatic N) is 1. The molecule has 2 heterocycles. The summed E-state index contributed by atoms with van der Waals surface area (Å²) in [6.45, 7) is 6.16. The van der Waals surface area contributed by atoms with Crippen LogP contribution in [0.4, 0.5) is 0 Å². The van der Waals surface area contributed by atoms with E-state index < -0.39 is 5.41 Å². The summed E-state index contributed by atoms with van der Waals surface area (Å²) >= 11 is 0. The number of rotatable bonds is 4. The highest BCUT2D eigenvalue weighted by atomic mass is 16.5. The summed E-state index contributed by atoms with van der Waals surface area (Å²) in [6.07, 6.45) is 1.62. The molecule has 5 nitrogen and oxygen atoms in total. The van der Waals surface area contributed by atoms with Crippen LogP contribution < -0.4 is 10.7 Å². The minimum absolute atomic E-state index is 0.0539. The van der Waals surface area contributed by atoms with Crippen molar-refractivity contribution in [3.8, 4) is 0 Å². The van der Waals surface area contributed by atoms with Crippen molar-refractivity contribution in [2.24, 2.45) is 5.41 Å².